The summed E-state index contributed by atoms with van der Waals surface area (Å²) in [6.45, 7) is 7.88. The lowest BCUT2D eigenvalue weighted by atomic mass is 9.92. The first-order valence-corrected chi connectivity index (χ1v) is 8.76. The molecule has 26 heavy (non-hydrogen) atoms. The summed E-state index contributed by atoms with van der Waals surface area (Å²) >= 11 is 6.13. The Morgan fingerprint density at radius 2 is 2.00 bits per heavy atom. The van der Waals surface area contributed by atoms with Crippen molar-refractivity contribution in [3.05, 3.63) is 52.9 Å². The van der Waals surface area contributed by atoms with Crippen LogP contribution in [0.15, 0.2) is 36.5 Å². The van der Waals surface area contributed by atoms with Gasteiger partial charge in [-0.2, -0.15) is 0 Å². The fourth-order valence-electron chi connectivity index (χ4n) is 2.83. The highest BCUT2D eigenvalue weighted by Gasteiger charge is 2.21. The number of imidazole rings is 1. The Morgan fingerprint density at radius 3 is 2.65 bits per heavy atom. The molecule has 3 aromatic rings. The molecule has 0 radical (unpaired) electrons. The Labute approximate surface area is 157 Å². The molecule has 0 bridgehead atoms. The molecule has 1 amide bonds. The fraction of sp³-hybridized carbons (Fsp3) is 0.300. The van der Waals surface area contributed by atoms with Gasteiger partial charge in [0.05, 0.1) is 5.69 Å². The van der Waals surface area contributed by atoms with E-state index in [1.807, 2.05) is 39.8 Å². The second-order valence-corrected chi connectivity index (χ2v) is 8.04. The molecule has 0 saturated heterocycles. The van der Waals surface area contributed by atoms with Crippen molar-refractivity contribution in [2.75, 3.05) is 5.32 Å². The zero-order chi connectivity index (χ0) is 19.1. The van der Waals surface area contributed by atoms with Crippen LogP contribution in [0.2, 0.25) is 5.02 Å². The number of anilines is 1. The molecule has 2 heterocycles. The number of rotatable bonds is 3. The number of carbonyl (C=O) groups is 1. The lowest BCUT2D eigenvalue weighted by molar-refractivity contribution is -0.117. The van der Waals surface area contributed by atoms with E-state index in [4.69, 9.17) is 11.6 Å². The number of fused-ring (bicyclic) bond motifs is 1. The summed E-state index contributed by atoms with van der Waals surface area (Å²) in [5.74, 6) is -0.103. The van der Waals surface area contributed by atoms with Crippen LogP contribution in [0.4, 0.5) is 10.2 Å². The minimum absolute atomic E-state index is 0.131. The Morgan fingerprint density at radius 1 is 1.27 bits per heavy atom. The molecule has 0 fully saturated rings. The van der Waals surface area contributed by atoms with Crippen molar-refractivity contribution in [1.82, 2.24) is 9.38 Å². The van der Waals surface area contributed by atoms with Crippen molar-refractivity contribution < 1.29 is 9.18 Å². The first-order chi connectivity index (χ1) is 12.1. The number of pyridine rings is 1. The van der Waals surface area contributed by atoms with Gasteiger partial charge in [0, 0.05) is 23.2 Å². The molecule has 0 spiro atoms. The zero-order valence-corrected chi connectivity index (χ0v) is 16.0. The molecule has 3 rings (SSSR count). The van der Waals surface area contributed by atoms with Crippen molar-refractivity contribution in [1.29, 1.82) is 0 Å². The van der Waals surface area contributed by atoms with Crippen LogP contribution in [-0.2, 0) is 4.79 Å². The number of hydrogen-bond donors (Lipinski definition) is 1. The third-order valence-corrected chi connectivity index (χ3v) is 4.39. The summed E-state index contributed by atoms with van der Waals surface area (Å²) in [4.78, 5) is 16.9. The van der Waals surface area contributed by atoms with Crippen molar-refractivity contribution in [2.45, 2.75) is 34.1 Å². The number of halogens is 2. The van der Waals surface area contributed by atoms with Crippen LogP contribution in [0, 0.1) is 18.2 Å². The third-order valence-electron chi connectivity index (χ3n) is 3.96. The average molecular weight is 374 g/mol. The maximum Gasteiger partial charge on any atom is 0.226 e. The average Bonchev–Trinajstić information content (AvgIpc) is 2.85. The molecular weight excluding hydrogens is 353 g/mol. The van der Waals surface area contributed by atoms with Gasteiger partial charge in [0.2, 0.25) is 5.91 Å². The van der Waals surface area contributed by atoms with Gasteiger partial charge in [-0.15, -0.1) is 0 Å². The number of hydrogen-bond acceptors (Lipinski definition) is 2. The fourth-order valence-corrected chi connectivity index (χ4v) is 2.95. The number of benzene rings is 1. The second-order valence-electron chi connectivity index (χ2n) is 7.63. The molecule has 2 aromatic heterocycles. The molecular formula is C20H21ClFN3O. The van der Waals surface area contributed by atoms with Crippen LogP contribution in [0.3, 0.4) is 0 Å². The molecule has 1 aromatic carbocycles. The quantitative estimate of drug-likeness (QED) is 0.661. The summed E-state index contributed by atoms with van der Waals surface area (Å²) < 4.78 is 15.5. The molecule has 0 aliphatic rings. The predicted octanol–water partition coefficient (Wildman–Crippen LogP) is 5.48. The van der Waals surface area contributed by atoms with Crippen molar-refractivity contribution in [2.24, 2.45) is 5.41 Å². The maximum atomic E-state index is 13.8. The normalized spacial score (nSPS) is 11.8. The van der Waals surface area contributed by atoms with E-state index >= 15 is 0 Å². The molecule has 4 nitrogen and oxygen atoms in total. The van der Waals surface area contributed by atoms with E-state index in [1.54, 1.807) is 16.5 Å². The summed E-state index contributed by atoms with van der Waals surface area (Å²) in [5, 5.41) is 3.53. The van der Waals surface area contributed by atoms with Gasteiger partial charge >= 0.3 is 0 Å². The minimum Gasteiger partial charge on any atom is -0.309 e. The van der Waals surface area contributed by atoms with Crippen molar-refractivity contribution in [3.63, 3.8) is 0 Å². The van der Waals surface area contributed by atoms with Crippen molar-refractivity contribution in [3.8, 4) is 11.3 Å². The Hall–Kier alpha value is -2.40. The second kappa shape index (κ2) is 6.72. The van der Waals surface area contributed by atoms with Gasteiger partial charge in [0.25, 0.3) is 0 Å². The Kier molecular flexibility index (Phi) is 4.76. The molecule has 0 unspecified atom stereocenters. The number of nitrogens with one attached hydrogen (secondary N) is 1. The molecule has 0 atom stereocenters. The van der Waals surface area contributed by atoms with Crippen LogP contribution in [-0.4, -0.2) is 15.3 Å². The Balaban J connectivity index is 2.13. The van der Waals surface area contributed by atoms with Gasteiger partial charge in [-0.25, -0.2) is 9.37 Å². The Bertz CT molecular complexity index is 989. The standard InChI is InChI=1S/C20H21ClFN3O/c1-12-9-13(5-7-15(12)21)18-19(24-17(26)10-20(2,3)4)23-16-8-6-14(22)11-25(16)18/h5-9,11H,10H2,1-4H3,(H,24,26). The molecule has 0 aliphatic carbocycles. The van der Waals surface area contributed by atoms with E-state index in [0.717, 1.165) is 11.1 Å². The summed E-state index contributed by atoms with van der Waals surface area (Å²) in [6.07, 6.45) is 1.72. The zero-order valence-electron chi connectivity index (χ0n) is 15.2. The first kappa shape index (κ1) is 18.4. The van der Waals surface area contributed by atoms with Crippen molar-refractivity contribution >= 4 is 29.0 Å². The first-order valence-electron chi connectivity index (χ1n) is 8.38. The lowest BCUT2D eigenvalue weighted by Crippen LogP contribution is -2.20. The van der Waals surface area contributed by atoms with Crippen LogP contribution in [0.25, 0.3) is 16.9 Å². The molecule has 0 aliphatic heterocycles. The number of nitrogens with zero attached hydrogens (tertiary/aromatic N) is 2. The predicted molar refractivity (Wildman–Crippen MR) is 103 cm³/mol. The van der Waals surface area contributed by atoms with Gasteiger partial charge in [0.15, 0.2) is 5.82 Å². The number of aryl methyl sites for hydroxylation is 1. The highest BCUT2D eigenvalue weighted by Crippen LogP contribution is 2.32. The van der Waals surface area contributed by atoms with Crippen LogP contribution < -0.4 is 5.32 Å². The highest BCUT2D eigenvalue weighted by atomic mass is 35.5. The topological polar surface area (TPSA) is 46.4 Å². The third kappa shape index (κ3) is 3.88. The van der Waals surface area contributed by atoms with Gasteiger partial charge in [-0.3, -0.25) is 9.20 Å². The summed E-state index contributed by atoms with van der Waals surface area (Å²) in [7, 11) is 0. The molecule has 1 N–H and O–H groups in total. The summed E-state index contributed by atoms with van der Waals surface area (Å²) in [5.41, 5.74) is 2.73. The summed E-state index contributed by atoms with van der Waals surface area (Å²) in [6, 6.07) is 8.45. The van der Waals surface area contributed by atoms with Gasteiger partial charge in [-0.05, 0) is 42.2 Å². The van der Waals surface area contributed by atoms with E-state index < -0.39 is 0 Å². The maximum absolute atomic E-state index is 13.8. The smallest absolute Gasteiger partial charge is 0.226 e. The van der Waals surface area contributed by atoms with Gasteiger partial charge in [-0.1, -0.05) is 38.4 Å². The lowest BCUT2D eigenvalue weighted by Gasteiger charge is -2.17. The molecule has 136 valence electrons. The van der Waals surface area contributed by atoms with Crippen LogP contribution in [0.1, 0.15) is 32.8 Å². The minimum atomic E-state index is -0.380. The van der Waals surface area contributed by atoms with E-state index in [9.17, 15) is 9.18 Å². The SMILES string of the molecule is Cc1cc(-c2c(NC(=O)CC(C)(C)C)nc3ccc(F)cn23)ccc1Cl. The van der Waals surface area contributed by atoms with E-state index in [2.05, 4.69) is 10.3 Å². The number of carbonyl (C=O) groups excluding carboxylic acids is 1. The van der Waals surface area contributed by atoms with E-state index in [0.29, 0.717) is 28.6 Å². The molecule has 6 heteroatoms. The van der Waals surface area contributed by atoms with Gasteiger partial charge in [0.1, 0.15) is 11.5 Å². The number of aromatic nitrogens is 2. The highest BCUT2D eigenvalue weighted by molar-refractivity contribution is 6.31. The van der Waals surface area contributed by atoms with Crippen LogP contribution in [0.5, 0.6) is 0 Å². The van der Waals surface area contributed by atoms with E-state index in [-0.39, 0.29) is 17.1 Å². The van der Waals surface area contributed by atoms with Gasteiger partial charge < -0.3 is 5.32 Å². The van der Waals surface area contributed by atoms with E-state index in [1.165, 1.54) is 12.3 Å². The number of amides is 1. The van der Waals surface area contributed by atoms with Crippen LogP contribution >= 0.6 is 11.6 Å². The monoisotopic (exact) mass is 373 g/mol. The largest absolute Gasteiger partial charge is 0.309 e. The molecule has 0 saturated carbocycles.